The Labute approximate surface area is 125 Å². The van der Waals surface area contributed by atoms with Crippen LogP contribution in [-0.2, 0) is 6.54 Å². The maximum atomic E-state index is 6.38. The molecule has 0 aliphatic rings. The SMILES string of the molecule is COc1ccc(C)cc1CNCC(Cl)c1ccccc1. The summed E-state index contributed by atoms with van der Waals surface area (Å²) in [4.78, 5) is 0. The van der Waals surface area contributed by atoms with E-state index in [1.807, 2.05) is 36.4 Å². The third-order valence-electron chi connectivity index (χ3n) is 3.24. The molecule has 0 spiro atoms. The van der Waals surface area contributed by atoms with Crippen LogP contribution in [0.1, 0.15) is 22.1 Å². The summed E-state index contributed by atoms with van der Waals surface area (Å²) < 4.78 is 5.37. The molecule has 2 aromatic rings. The number of methoxy groups -OCH3 is 1. The molecule has 20 heavy (non-hydrogen) atoms. The third kappa shape index (κ3) is 3.99. The van der Waals surface area contributed by atoms with Crippen LogP contribution in [0.25, 0.3) is 0 Å². The maximum absolute atomic E-state index is 6.38. The van der Waals surface area contributed by atoms with E-state index in [-0.39, 0.29) is 5.38 Å². The van der Waals surface area contributed by atoms with Crippen LogP contribution in [0.15, 0.2) is 48.5 Å². The normalized spacial score (nSPS) is 12.2. The molecule has 3 heteroatoms. The van der Waals surface area contributed by atoms with Crippen molar-refractivity contribution in [2.24, 2.45) is 0 Å². The average Bonchev–Trinajstić information content (AvgIpc) is 2.48. The largest absolute Gasteiger partial charge is 0.496 e. The van der Waals surface area contributed by atoms with Gasteiger partial charge in [0.15, 0.2) is 0 Å². The molecule has 0 saturated carbocycles. The number of ether oxygens (including phenoxy) is 1. The first-order valence-electron chi connectivity index (χ1n) is 6.74. The second-order valence-electron chi connectivity index (χ2n) is 4.82. The van der Waals surface area contributed by atoms with Crippen molar-refractivity contribution in [1.82, 2.24) is 5.32 Å². The fraction of sp³-hybridized carbons (Fsp3) is 0.294. The number of alkyl halides is 1. The van der Waals surface area contributed by atoms with Gasteiger partial charge in [-0.25, -0.2) is 0 Å². The van der Waals surface area contributed by atoms with Gasteiger partial charge in [0, 0.05) is 18.7 Å². The smallest absolute Gasteiger partial charge is 0.123 e. The van der Waals surface area contributed by atoms with Gasteiger partial charge < -0.3 is 10.1 Å². The lowest BCUT2D eigenvalue weighted by Gasteiger charge is -2.13. The van der Waals surface area contributed by atoms with Crippen LogP contribution in [0.4, 0.5) is 0 Å². The van der Waals surface area contributed by atoms with Crippen molar-refractivity contribution in [2.45, 2.75) is 18.8 Å². The van der Waals surface area contributed by atoms with Gasteiger partial charge in [0.05, 0.1) is 12.5 Å². The first-order valence-corrected chi connectivity index (χ1v) is 7.17. The molecule has 0 fully saturated rings. The minimum absolute atomic E-state index is 0.0213. The van der Waals surface area contributed by atoms with E-state index in [9.17, 15) is 0 Å². The second kappa shape index (κ2) is 7.32. The number of nitrogens with one attached hydrogen (secondary N) is 1. The van der Waals surface area contributed by atoms with E-state index < -0.39 is 0 Å². The molecule has 0 bridgehead atoms. The molecular weight excluding hydrogens is 270 g/mol. The summed E-state index contributed by atoms with van der Waals surface area (Å²) in [5.74, 6) is 0.911. The number of hydrogen-bond donors (Lipinski definition) is 1. The van der Waals surface area contributed by atoms with Gasteiger partial charge in [-0.15, -0.1) is 11.6 Å². The highest BCUT2D eigenvalue weighted by Gasteiger charge is 2.08. The van der Waals surface area contributed by atoms with Crippen molar-refractivity contribution in [3.8, 4) is 5.75 Å². The lowest BCUT2D eigenvalue weighted by molar-refractivity contribution is 0.407. The zero-order valence-electron chi connectivity index (χ0n) is 11.9. The van der Waals surface area contributed by atoms with Crippen molar-refractivity contribution in [3.63, 3.8) is 0 Å². The van der Waals surface area contributed by atoms with Crippen LogP contribution < -0.4 is 10.1 Å². The Bertz CT molecular complexity index is 542. The summed E-state index contributed by atoms with van der Waals surface area (Å²) >= 11 is 6.38. The van der Waals surface area contributed by atoms with Crippen LogP contribution in [0.5, 0.6) is 5.75 Å². The van der Waals surface area contributed by atoms with Crippen LogP contribution in [0, 0.1) is 6.92 Å². The van der Waals surface area contributed by atoms with Crippen molar-refractivity contribution in [3.05, 3.63) is 65.2 Å². The van der Waals surface area contributed by atoms with E-state index in [0.29, 0.717) is 0 Å². The van der Waals surface area contributed by atoms with E-state index in [2.05, 4.69) is 24.4 Å². The fourth-order valence-corrected chi connectivity index (χ4v) is 2.41. The number of rotatable bonds is 6. The van der Waals surface area contributed by atoms with Crippen LogP contribution >= 0.6 is 11.6 Å². The number of hydrogen-bond acceptors (Lipinski definition) is 2. The summed E-state index contributed by atoms with van der Waals surface area (Å²) in [6.45, 7) is 3.56. The minimum Gasteiger partial charge on any atom is -0.496 e. The monoisotopic (exact) mass is 289 g/mol. The molecule has 0 heterocycles. The standard InChI is InChI=1S/C17H20ClNO/c1-13-8-9-17(20-2)15(10-13)11-19-12-16(18)14-6-4-3-5-7-14/h3-10,16,19H,11-12H2,1-2H3. The zero-order chi connectivity index (χ0) is 14.4. The lowest BCUT2D eigenvalue weighted by atomic mass is 10.1. The molecule has 0 amide bonds. The first kappa shape index (κ1) is 14.9. The van der Waals surface area contributed by atoms with Crippen LogP contribution in [-0.4, -0.2) is 13.7 Å². The molecule has 1 N–H and O–H groups in total. The number of halogens is 1. The average molecular weight is 290 g/mol. The van der Waals surface area contributed by atoms with Gasteiger partial charge in [0.2, 0.25) is 0 Å². The summed E-state index contributed by atoms with van der Waals surface area (Å²) in [5, 5.41) is 3.37. The summed E-state index contributed by atoms with van der Waals surface area (Å²) in [5.41, 5.74) is 3.52. The Hall–Kier alpha value is -1.51. The highest BCUT2D eigenvalue weighted by atomic mass is 35.5. The highest BCUT2D eigenvalue weighted by molar-refractivity contribution is 6.21. The summed E-state index contributed by atoms with van der Waals surface area (Å²) in [6, 6.07) is 16.3. The van der Waals surface area contributed by atoms with Gasteiger partial charge in [-0.05, 0) is 18.6 Å². The number of aryl methyl sites for hydroxylation is 1. The Balaban J connectivity index is 1.91. The first-order chi connectivity index (χ1) is 9.70. The van der Waals surface area contributed by atoms with Crippen molar-refractivity contribution in [2.75, 3.05) is 13.7 Å². The van der Waals surface area contributed by atoms with Gasteiger partial charge in [0.25, 0.3) is 0 Å². The van der Waals surface area contributed by atoms with Gasteiger partial charge in [0.1, 0.15) is 5.75 Å². The molecule has 106 valence electrons. The van der Waals surface area contributed by atoms with E-state index in [4.69, 9.17) is 16.3 Å². The second-order valence-corrected chi connectivity index (χ2v) is 5.35. The fourth-order valence-electron chi connectivity index (χ4n) is 2.16. The Morgan fingerprint density at radius 2 is 1.90 bits per heavy atom. The van der Waals surface area contributed by atoms with Crippen molar-refractivity contribution >= 4 is 11.6 Å². The summed E-state index contributed by atoms with van der Waals surface area (Å²) in [6.07, 6.45) is 0. The Kier molecular flexibility index (Phi) is 5.45. The zero-order valence-corrected chi connectivity index (χ0v) is 12.7. The molecule has 0 aromatic heterocycles. The van der Waals surface area contributed by atoms with E-state index in [1.165, 1.54) is 5.56 Å². The van der Waals surface area contributed by atoms with E-state index >= 15 is 0 Å². The predicted octanol–water partition coefficient (Wildman–Crippen LogP) is 4.07. The van der Waals surface area contributed by atoms with E-state index in [0.717, 1.165) is 30.0 Å². The van der Waals surface area contributed by atoms with Gasteiger partial charge in [-0.1, -0.05) is 48.0 Å². The third-order valence-corrected chi connectivity index (χ3v) is 3.64. The Morgan fingerprint density at radius 3 is 2.60 bits per heavy atom. The van der Waals surface area contributed by atoms with Crippen LogP contribution in [0.3, 0.4) is 0 Å². The van der Waals surface area contributed by atoms with Gasteiger partial charge in [-0.2, -0.15) is 0 Å². The van der Waals surface area contributed by atoms with Gasteiger partial charge >= 0.3 is 0 Å². The molecule has 0 aliphatic carbocycles. The molecule has 0 radical (unpaired) electrons. The maximum Gasteiger partial charge on any atom is 0.123 e. The molecule has 1 atom stereocenters. The summed E-state index contributed by atoms with van der Waals surface area (Å²) in [7, 11) is 1.70. The molecule has 2 rings (SSSR count). The van der Waals surface area contributed by atoms with Crippen molar-refractivity contribution in [1.29, 1.82) is 0 Å². The van der Waals surface area contributed by atoms with Crippen LogP contribution in [0.2, 0.25) is 0 Å². The highest BCUT2D eigenvalue weighted by Crippen LogP contribution is 2.21. The molecule has 0 aliphatic heterocycles. The quantitative estimate of drug-likeness (QED) is 0.809. The topological polar surface area (TPSA) is 21.3 Å². The van der Waals surface area contributed by atoms with Crippen molar-refractivity contribution < 1.29 is 4.74 Å². The predicted molar refractivity (Wildman–Crippen MR) is 84.5 cm³/mol. The minimum atomic E-state index is -0.0213. The molecule has 2 aromatic carbocycles. The Morgan fingerprint density at radius 1 is 1.15 bits per heavy atom. The molecule has 0 saturated heterocycles. The lowest BCUT2D eigenvalue weighted by Crippen LogP contribution is -2.19. The van der Waals surface area contributed by atoms with E-state index in [1.54, 1.807) is 7.11 Å². The number of benzene rings is 2. The molecular formula is C17H20ClNO. The molecule has 2 nitrogen and oxygen atoms in total. The molecule has 1 unspecified atom stereocenters. The van der Waals surface area contributed by atoms with Gasteiger partial charge in [-0.3, -0.25) is 0 Å².